The van der Waals surface area contributed by atoms with E-state index in [9.17, 15) is 24.3 Å². The predicted octanol–water partition coefficient (Wildman–Crippen LogP) is -2.49. The Morgan fingerprint density at radius 2 is 1.90 bits per heavy atom. The minimum absolute atomic E-state index is 0.0524. The average Bonchev–Trinajstić information content (AvgIpc) is 3.23. The highest BCUT2D eigenvalue weighted by atomic mass is 32.1. The Bertz CT molecular complexity index is 701. The van der Waals surface area contributed by atoms with Crippen LogP contribution in [0.25, 0.3) is 0 Å². The second-order valence-electron chi connectivity index (χ2n) is 6.59. The van der Waals surface area contributed by atoms with Crippen molar-refractivity contribution in [3.8, 4) is 0 Å². The lowest BCUT2D eigenvalue weighted by Gasteiger charge is -2.21. The molecule has 3 unspecified atom stereocenters. The molecule has 3 amide bonds. The van der Waals surface area contributed by atoms with Gasteiger partial charge in [0.15, 0.2) is 0 Å². The van der Waals surface area contributed by atoms with Crippen LogP contribution in [0, 0.1) is 0 Å². The van der Waals surface area contributed by atoms with Crippen LogP contribution in [0.2, 0.25) is 0 Å². The van der Waals surface area contributed by atoms with Gasteiger partial charge in [0.05, 0.1) is 18.9 Å². The second-order valence-corrected chi connectivity index (χ2v) is 6.96. The van der Waals surface area contributed by atoms with Gasteiger partial charge in [-0.05, 0) is 25.8 Å². The van der Waals surface area contributed by atoms with Crippen molar-refractivity contribution in [3.63, 3.8) is 0 Å². The third kappa shape index (κ3) is 9.24. The number of imidazole rings is 1. The minimum Gasteiger partial charge on any atom is -0.480 e. The van der Waals surface area contributed by atoms with E-state index in [2.05, 4.69) is 38.5 Å². The lowest BCUT2D eigenvalue weighted by molar-refractivity contribution is -0.142. The van der Waals surface area contributed by atoms with Crippen LogP contribution in [0.15, 0.2) is 12.5 Å². The van der Waals surface area contributed by atoms with Gasteiger partial charge in [-0.1, -0.05) is 0 Å². The smallest absolute Gasteiger partial charge is 0.326 e. The van der Waals surface area contributed by atoms with Gasteiger partial charge in [0, 0.05) is 24.1 Å². The van der Waals surface area contributed by atoms with E-state index in [1.165, 1.54) is 12.5 Å². The van der Waals surface area contributed by atoms with E-state index >= 15 is 0 Å². The third-order valence-electron chi connectivity index (χ3n) is 4.15. The highest BCUT2D eigenvalue weighted by Crippen LogP contribution is 2.04. The van der Waals surface area contributed by atoms with Crippen LogP contribution in [-0.2, 0) is 25.6 Å². The molecule has 13 heteroatoms. The van der Waals surface area contributed by atoms with Gasteiger partial charge in [0.2, 0.25) is 17.7 Å². The van der Waals surface area contributed by atoms with Crippen molar-refractivity contribution >= 4 is 36.3 Å². The average molecular weight is 444 g/mol. The number of aliphatic carboxylic acids is 1. The summed E-state index contributed by atoms with van der Waals surface area (Å²) in [6.45, 7) is 0.0211. The first-order valence-electron chi connectivity index (χ1n) is 9.42. The number of unbranched alkanes of at least 4 members (excludes halogenated alkanes) is 1. The molecule has 1 aromatic rings. The van der Waals surface area contributed by atoms with Gasteiger partial charge in [-0.3, -0.25) is 14.4 Å². The molecule has 0 aliphatic rings. The number of carboxylic acid groups (broad SMARTS) is 1. The molecular formula is C17H29N7O5S. The van der Waals surface area contributed by atoms with Gasteiger partial charge < -0.3 is 37.5 Å². The zero-order valence-electron chi connectivity index (χ0n) is 16.5. The molecule has 0 saturated heterocycles. The van der Waals surface area contributed by atoms with E-state index in [0.717, 1.165) is 0 Å². The Morgan fingerprint density at radius 1 is 1.17 bits per heavy atom. The first-order valence-corrected chi connectivity index (χ1v) is 10.1. The molecular weight excluding hydrogens is 414 g/mol. The van der Waals surface area contributed by atoms with Gasteiger partial charge in [-0.2, -0.15) is 12.6 Å². The van der Waals surface area contributed by atoms with Crippen molar-refractivity contribution in [2.75, 3.05) is 18.8 Å². The summed E-state index contributed by atoms with van der Waals surface area (Å²) in [5.74, 6) is -2.93. The number of hydrogen-bond acceptors (Lipinski definition) is 8. The number of nitrogens with zero attached hydrogens (tertiary/aromatic N) is 1. The molecule has 3 atom stereocenters. The zero-order chi connectivity index (χ0) is 22.5. The van der Waals surface area contributed by atoms with Crippen LogP contribution in [0.1, 0.15) is 25.0 Å². The molecule has 0 aromatic carbocycles. The quantitative estimate of drug-likeness (QED) is 0.114. The molecule has 1 rings (SSSR count). The van der Waals surface area contributed by atoms with Crippen molar-refractivity contribution in [1.82, 2.24) is 25.9 Å². The van der Waals surface area contributed by atoms with Gasteiger partial charge in [0.25, 0.3) is 0 Å². The summed E-state index contributed by atoms with van der Waals surface area (Å²) in [6, 6.07) is -3.06. The monoisotopic (exact) mass is 443 g/mol. The molecule has 0 fully saturated rings. The molecule has 0 saturated carbocycles. The summed E-state index contributed by atoms with van der Waals surface area (Å²) in [7, 11) is 0. The molecule has 1 aromatic heterocycles. The number of amides is 3. The number of nitrogens with one attached hydrogen (secondary N) is 4. The Balaban J connectivity index is 2.76. The Kier molecular flexibility index (Phi) is 11.5. The number of rotatable bonds is 14. The Morgan fingerprint density at radius 3 is 2.47 bits per heavy atom. The van der Waals surface area contributed by atoms with Gasteiger partial charge in [-0.25, -0.2) is 9.78 Å². The first-order chi connectivity index (χ1) is 14.3. The molecule has 1 heterocycles. The fourth-order valence-electron chi connectivity index (χ4n) is 2.47. The molecule has 0 aliphatic carbocycles. The third-order valence-corrected chi connectivity index (χ3v) is 4.54. The predicted molar refractivity (Wildman–Crippen MR) is 112 cm³/mol. The number of carboxylic acids is 1. The molecule has 12 nitrogen and oxygen atoms in total. The number of hydrogen-bond donors (Lipinski definition) is 8. The highest BCUT2D eigenvalue weighted by molar-refractivity contribution is 7.80. The van der Waals surface area contributed by atoms with Crippen LogP contribution in [0.4, 0.5) is 0 Å². The van der Waals surface area contributed by atoms with Crippen molar-refractivity contribution < 1.29 is 24.3 Å². The van der Waals surface area contributed by atoms with Gasteiger partial charge in [0.1, 0.15) is 12.1 Å². The van der Waals surface area contributed by atoms with Crippen LogP contribution in [-0.4, -0.2) is 75.7 Å². The van der Waals surface area contributed by atoms with Crippen molar-refractivity contribution in [2.24, 2.45) is 11.5 Å². The second kappa shape index (κ2) is 13.6. The highest BCUT2D eigenvalue weighted by Gasteiger charge is 2.27. The van der Waals surface area contributed by atoms with E-state index in [4.69, 9.17) is 11.5 Å². The molecule has 0 spiro atoms. The number of aromatic nitrogens is 2. The molecule has 30 heavy (non-hydrogen) atoms. The van der Waals surface area contributed by atoms with E-state index in [1.807, 2.05) is 0 Å². The van der Waals surface area contributed by atoms with Crippen molar-refractivity contribution in [1.29, 1.82) is 0 Å². The van der Waals surface area contributed by atoms with E-state index < -0.39 is 48.4 Å². The maximum Gasteiger partial charge on any atom is 0.326 e. The number of thiol groups is 1. The van der Waals surface area contributed by atoms with Crippen LogP contribution < -0.4 is 27.4 Å². The maximum atomic E-state index is 12.7. The molecule has 168 valence electrons. The van der Waals surface area contributed by atoms with E-state index in [0.29, 0.717) is 25.1 Å². The number of nitrogens with two attached hydrogens (primary N) is 2. The lowest BCUT2D eigenvalue weighted by Crippen LogP contribution is -2.54. The molecule has 0 radical (unpaired) electrons. The van der Waals surface area contributed by atoms with Crippen LogP contribution >= 0.6 is 12.6 Å². The van der Waals surface area contributed by atoms with E-state index in [-0.39, 0.29) is 18.6 Å². The van der Waals surface area contributed by atoms with Gasteiger partial charge >= 0.3 is 5.97 Å². The summed E-state index contributed by atoms with van der Waals surface area (Å²) < 4.78 is 0. The number of carbonyl (C=O) groups excluding carboxylic acids is 3. The van der Waals surface area contributed by atoms with Crippen molar-refractivity contribution in [3.05, 3.63) is 18.2 Å². The summed E-state index contributed by atoms with van der Waals surface area (Å²) in [4.78, 5) is 54.7. The lowest BCUT2D eigenvalue weighted by atomic mass is 10.1. The normalized spacial score (nSPS) is 13.7. The number of carbonyl (C=O) groups is 4. The summed E-state index contributed by atoms with van der Waals surface area (Å²) in [5.41, 5.74) is 11.5. The zero-order valence-corrected chi connectivity index (χ0v) is 17.4. The van der Waals surface area contributed by atoms with E-state index in [1.54, 1.807) is 0 Å². The van der Waals surface area contributed by atoms with Crippen molar-refractivity contribution in [2.45, 2.75) is 43.8 Å². The largest absolute Gasteiger partial charge is 0.480 e. The van der Waals surface area contributed by atoms with Crippen LogP contribution in [0.5, 0.6) is 0 Å². The maximum absolute atomic E-state index is 12.7. The molecule has 0 aliphatic heterocycles. The first kappa shape index (κ1) is 25.4. The fourth-order valence-corrected chi connectivity index (χ4v) is 2.64. The Hall–Kier alpha value is -2.64. The Labute approximate surface area is 179 Å². The number of aromatic amines is 1. The molecule has 0 bridgehead atoms. The summed E-state index contributed by atoms with van der Waals surface area (Å²) in [6.07, 6.45) is 4.32. The van der Waals surface area contributed by atoms with Crippen LogP contribution in [0.3, 0.4) is 0 Å². The standard InChI is InChI=1S/C17H29N7O5S/c18-4-2-1-3-12(17(28)29)24-16(27)13(5-10-6-20-9-22-10)23-14(25)7-21-15(26)11(19)8-30/h6,9,11-13,30H,1-5,7-8,18-19H2,(H,20,22)(H,21,26)(H,23,25)(H,24,27)(H,28,29). The fraction of sp³-hybridized carbons (Fsp3) is 0.588. The SMILES string of the molecule is NCCCCC(NC(=O)C(Cc1cnc[nH]1)NC(=O)CNC(=O)C(N)CS)C(=O)O. The minimum atomic E-state index is -1.18. The molecule has 9 N–H and O–H groups in total. The number of H-pyrrole nitrogens is 1. The summed E-state index contributed by atoms with van der Waals surface area (Å²) in [5, 5.41) is 16.6. The summed E-state index contributed by atoms with van der Waals surface area (Å²) >= 11 is 3.91. The topological polar surface area (TPSA) is 205 Å². The van der Waals surface area contributed by atoms with Gasteiger partial charge in [-0.15, -0.1) is 0 Å².